The van der Waals surface area contributed by atoms with Crippen molar-refractivity contribution < 1.29 is 74.5 Å². The standard InChI is InChI=1S/Fe.Li.Ni.H3O4P.O/c;;;1-5(2,3)4;/h;;;(H3,1,2,3,4);/q+2;+1;;;/p-3. The second kappa shape index (κ2) is 12.2. The third-order valence-corrected chi connectivity index (χ3v) is 0. The molecule has 9 heteroatoms. The van der Waals surface area contributed by atoms with Crippen molar-refractivity contribution in [2.24, 2.45) is 0 Å². The first-order valence-electron chi connectivity index (χ1n) is 0.859. The first-order valence-corrected chi connectivity index (χ1v) is 2.72. The Morgan fingerprint density at radius 2 is 1.11 bits per heavy atom. The maximum atomic E-state index is 8.55. The molecule has 0 unspecified atom stereocenters. The van der Waals surface area contributed by atoms with Crippen LogP contribution in [-0.2, 0) is 40.9 Å². The molecule has 0 saturated heterocycles. The first-order chi connectivity index (χ1) is 3.00. The molecular weight excluding hydrogens is 232 g/mol. The van der Waals surface area contributed by atoms with Crippen LogP contribution in [-0.4, -0.2) is 0 Å². The second-order valence-electron chi connectivity index (χ2n) is 0.447. The summed E-state index contributed by atoms with van der Waals surface area (Å²) < 4.78 is 16.4. The molecular formula is FeLiNiO5P. The van der Waals surface area contributed by atoms with E-state index in [0.29, 0.717) is 0 Å². The Labute approximate surface area is 82.0 Å². The first kappa shape index (κ1) is 22.4. The van der Waals surface area contributed by atoms with Gasteiger partial charge in [-0.2, -0.15) is 7.82 Å². The van der Waals surface area contributed by atoms with Gasteiger partial charge in [-0.05, 0) is 0 Å². The van der Waals surface area contributed by atoms with Crippen molar-refractivity contribution in [1.29, 1.82) is 0 Å². The van der Waals surface area contributed by atoms with Gasteiger partial charge in [-0.3, -0.25) is 0 Å². The molecule has 0 spiro atoms. The van der Waals surface area contributed by atoms with Crippen LogP contribution in [0.2, 0.25) is 0 Å². The van der Waals surface area contributed by atoms with E-state index in [4.69, 9.17) is 23.1 Å². The quantitative estimate of drug-likeness (QED) is 0.306. The number of hydrogen-bond acceptors (Lipinski definition) is 5. The van der Waals surface area contributed by atoms with Crippen LogP contribution < -0.4 is 33.5 Å². The molecule has 0 saturated carbocycles. The van der Waals surface area contributed by atoms with Crippen molar-refractivity contribution in [3.8, 4) is 0 Å². The van der Waals surface area contributed by atoms with Crippen molar-refractivity contribution in [3.05, 3.63) is 0 Å². The maximum absolute atomic E-state index is 8.55. The van der Waals surface area contributed by atoms with Crippen LogP contribution in [0.25, 0.3) is 0 Å². The van der Waals surface area contributed by atoms with Crippen LogP contribution in [0.4, 0.5) is 0 Å². The summed E-state index contributed by atoms with van der Waals surface area (Å²) in [6.07, 6.45) is 0. The van der Waals surface area contributed by atoms with Gasteiger partial charge in [-0.1, -0.05) is 0 Å². The molecule has 0 radical (unpaired) electrons. The van der Waals surface area contributed by atoms with Gasteiger partial charge in [-0.15, -0.1) is 0 Å². The molecule has 0 bridgehead atoms. The van der Waals surface area contributed by atoms with Crippen molar-refractivity contribution in [2.45, 2.75) is 0 Å². The van der Waals surface area contributed by atoms with Crippen LogP contribution in [0.5, 0.6) is 0 Å². The molecule has 0 heterocycles. The molecule has 5 nitrogen and oxygen atoms in total. The Bertz CT molecular complexity index is 72.8. The normalized spacial score (nSPS) is 7.22. The van der Waals surface area contributed by atoms with Crippen molar-refractivity contribution in [1.82, 2.24) is 0 Å². The van der Waals surface area contributed by atoms with E-state index in [1.54, 1.807) is 0 Å². The Morgan fingerprint density at radius 1 is 1.11 bits per heavy atom. The van der Waals surface area contributed by atoms with Gasteiger partial charge < -0.3 is 19.2 Å². The Hall–Kier alpha value is 1.52. The molecule has 0 aliphatic rings. The van der Waals surface area contributed by atoms with E-state index in [9.17, 15) is 0 Å². The topological polar surface area (TPSA) is 103 Å². The fourth-order valence-corrected chi connectivity index (χ4v) is 0. The Morgan fingerprint density at radius 3 is 1.11 bits per heavy atom. The van der Waals surface area contributed by atoms with E-state index >= 15 is 0 Å². The summed E-state index contributed by atoms with van der Waals surface area (Å²) in [5.41, 5.74) is 0. The van der Waals surface area contributed by atoms with Crippen LogP contribution >= 0.6 is 7.82 Å². The van der Waals surface area contributed by atoms with Crippen molar-refractivity contribution >= 4 is 7.82 Å². The minimum absolute atomic E-state index is 0. The third kappa shape index (κ3) is 233. The monoisotopic (exact) mass is 232 g/mol. The summed E-state index contributed by atoms with van der Waals surface area (Å²) in [5, 5.41) is 0. The van der Waals surface area contributed by atoms with E-state index in [1.165, 1.54) is 0 Å². The molecule has 0 atom stereocenters. The van der Waals surface area contributed by atoms with Crippen LogP contribution in [0, 0.1) is 0 Å². The zero-order chi connectivity index (χ0) is 6.50. The van der Waals surface area contributed by atoms with Crippen LogP contribution in [0.15, 0.2) is 0 Å². The molecule has 0 fully saturated rings. The number of phosphoric acid groups is 1. The van der Waals surface area contributed by atoms with Gasteiger partial charge in [0.05, 0.1) is 0 Å². The number of rotatable bonds is 0. The fourth-order valence-electron chi connectivity index (χ4n) is 0. The molecule has 0 rings (SSSR count). The zero-order valence-corrected chi connectivity index (χ0v) is 7.14. The fraction of sp³-hybridized carbons (Fsp3) is 0. The molecule has 54 valence electrons. The van der Waals surface area contributed by atoms with Gasteiger partial charge in [0.2, 0.25) is 0 Å². The molecule has 0 aromatic heterocycles. The minimum atomic E-state index is -5.39. The Kier molecular flexibility index (Phi) is 30.5. The average Bonchev–Trinajstić information content (AvgIpc) is 1.36. The van der Waals surface area contributed by atoms with Crippen molar-refractivity contribution in [2.75, 3.05) is 0 Å². The SMILES string of the molecule is O=P([O-])([O-])[O-].[Fe+2].[Li+].[O]=[Ni]. The predicted molar refractivity (Wildman–Crippen MR) is 8.29 cm³/mol. The molecule has 9 heavy (non-hydrogen) atoms. The van der Waals surface area contributed by atoms with Crippen molar-refractivity contribution in [3.63, 3.8) is 0 Å². The Balaban J connectivity index is -0.0000000286. The van der Waals surface area contributed by atoms with Gasteiger partial charge in [0.15, 0.2) is 0 Å². The molecule has 0 aromatic rings. The van der Waals surface area contributed by atoms with E-state index in [-0.39, 0.29) is 35.9 Å². The third-order valence-electron chi connectivity index (χ3n) is 0. The van der Waals surface area contributed by atoms with Gasteiger partial charge in [0, 0.05) is 0 Å². The van der Waals surface area contributed by atoms with E-state index in [1.807, 2.05) is 0 Å². The van der Waals surface area contributed by atoms with E-state index in [2.05, 4.69) is 15.4 Å². The summed E-state index contributed by atoms with van der Waals surface area (Å²) in [6.45, 7) is 0. The van der Waals surface area contributed by atoms with E-state index in [0.717, 1.165) is 0 Å². The van der Waals surface area contributed by atoms with Gasteiger partial charge in [0.25, 0.3) is 0 Å². The van der Waals surface area contributed by atoms with E-state index < -0.39 is 7.82 Å². The summed E-state index contributed by atoms with van der Waals surface area (Å²) in [4.78, 5) is 25.6. The molecule has 0 aliphatic heterocycles. The van der Waals surface area contributed by atoms with Crippen LogP contribution in [0.3, 0.4) is 0 Å². The number of hydrogen-bond donors (Lipinski definition) is 0. The van der Waals surface area contributed by atoms with Crippen LogP contribution in [0.1, 0.15) is 0 Å². The molecule has 0 amide bonds. The summed E-state index contributed by atoms with van der Waals surface area (Å²) in [6, 6.07) is 0. The zero-order valence-electron chi connectivity index (χ0n) is 4.16. The summed E-state index contributed by atoms with van der Waals surface area (Å²) in [5.74, 6) is 0. The molecule has 0 aromatic carbocycles. The predicted octanol–water partition coefficient (Wildman–Crippen LogP) is -5.94. The summed E-state index contributed by atoms with van der Waals surface area (Å²) >= 11 is 2.62. The summed E-state index contributed by atoms with van der Waals surface area (Å²) in [7, 11) is -5.39. The van der Waals surface area contributed by atoms with Gasteiger partial charge in [0.1, 0.15) is 0 Å². The molecule has 0 N–H and O–H groups in total. The molecule has 0 aliphatic carbocycles. The van der Waals surface area contributed by atoms with Gasteiger partial charge >= 0.3 is 55.2 Å². The average molecular weight is 232 g/mol. The second-order valence-corrected chi connectivity index (χ2v) is 1.34. The van der Waals surface area contributed by atoms with Gasteiger partial charge in [-0.25, -0.2) is 0 Å².